The molecule has 2 rings (SSSR count). The molecule has 0 saturated heterocycles. The van der Waals surface area contributed by atoms with Crippen LogP contribution in [0.5, 0.6) is 0 Å². The first-order valence-electron chi connectivity index (χ1n) is 7.21. The van der Waals surface area contributed by atoms with Crippen LogP contribution in [-0.4, -0.2) is 23.3 Å². The predicted molar refractivity (Wildman–Crippen MR) is 70.0 cm³/mol. The number of rotatable bonds is 4. The summed E-state index contributed by atoms with van der Waals surface area (Å²) in [6.45, 7) is 6.02. The second kappa shape index (κ2) is 4.84. The molecule has 1 N–H and O–H groups in total. The van der Waals surface area contributed by atoms with Crippen LogP contribution >= 0.6 is 0 Å². The summed E-state index contributed by atoms with van der Waals surface area (Å²) >= 11 is 0. The third-order valence-corrected chi connectivity index (χ3v) is 4.54. The molecule has 2 saturated carbocycles. The number of hydrogen-bond acceptors (Lipinski definition) is 3. The number of carbonyl (C=O) groups excluding carboxylic acids is 1. The van der Waals surface area contributed by atoms with Crippen LogP contribution in [0, 0.1) is 17.3 Å². The SMILES string of the molecule is CC(C)(C)C(=O)OCCCC1(O)CC2CCC1C2. The first-order chi connectivity index (χ1) is 8.31. The van der Waals surface area contributed by atoms with Crippen LogP contribution < -0.4 is 0 Å². The summed E-state index contributed by atoms with van der Waals surface area (Å²) in [5.41, 5.74) is -0.889. The van der Waals surface area contributed by atoms with Crippen molar-refractivity contribution in [1.29, 1.82) is 0 Å². The Labute approximate surface area is 110 Å². The van der Waals surface area contributed by atoms with Gasteiger partial charge in [-0.3, -0.25) is 4.79 Å². The normalized spacial score (nSPS) is 34.9. The molecule has 3 nitrogen and oxygen atoms in total. The molecule has 0 heterocycles. The van der Waals surface area contributed by atoms with Gasteiger partial charge in [-0.25, -0.2) is 0 Å². The van der Waals surface area contributed by atoms with Crippen LogP contribution in [0.25, 0.3) is 0 Å². The molecule has 2 aliphatic rings. The average Bonchev–Trinajstić information content (AvgIpc) is 2.82. The minimum atomic E-state index is -0.461. The number of ether oxygens (including phenoxy) is 1. The minimum Gasteiger partial charge on any atom is -0.465 e. The third-order valence-electron chi connectivity index (χ3n) is 4.54. The Morgan fingerprint density at radius 1 is 1.39 bits per heavy atom. The molecule has 0 aromatic rings. The highest BCUT2D eigenvalue weighted by Gasteiger charge is 2.49. The van der Waals surface area contributed by atoms with Gasteiger partial charge in [-0.05, 0) is 71.1 Å². The summed E-state index contributed by atoms with van der Waals surface area (Å²) in [6.07, 6.45) is 6.21. The number of hydrogen-bond donors (Lipinski definition) is 1. The van der Waals surface area contributed by atoms with Crippen LogP contribution in [0.1, 0.15) is 59.3 Å². The van der Waals surface area contributed by atoms with Gasteiger partial charge in [-0.15, -0.1) is 0 Å². The van der Waals surface area contributed by atoms with Gasteiger partial charge in [0, 0.05) is 0 Å². The van der Waals surface area contributed by atoms with E-state index in [0.717, 1.165) is 25.2 Å². The van der Waals surface area contributed by atoms with Crippen molar-refractivity contribution in [2.45, 2.75) is 64.9 Å². The molecule has 0 aromatic heterocycles. The Morgan fingerprint density at radius 3 is 2.61 bits per heavy atom. The standard InChI is InChI=1S/C15H26O3/c1-14(2,3)13(16)18-8-4-7-15(17)10-11-5-6-12(15)9-11/h11-12,17H,4-10H2,1-3H3. The maximum absolute atomic E-state index is 11.6. The zero-order valence-electron chi connectivity index (χ0n) is 11.9. The Hall–Kier alpha value is -0.570. The lowest BCUT2D eigenvalue weighted by Gasteiger charge is -2.32. The Kier molecular flexibility index (Phi) is 3.72. The fraction of sp³-hybridized carbons (Fsp3) is 0.933. The lowest BCUT2D eigenvalue weighted by molar-refractivity contribution is -0.153. The fourth-order valence-corrected chi connectivity index (χ4v) is 3.48. The van der Waals surface area contributed by atoms with E-state index in [0.29, 0.717) is 12.5 Å². The van der Waals surface area contributed by atoms with E-state index in [1.165, 1.54) is 19.3 Å². The van der Waals surface area contributed by atoms with E-state index < -0.39 is 11.0 Å². The van der Waals surface area contributed by atoms with Crippen LogP contribution in [-0.2, 0) is 9.53 Å². The van der Waals surface area contributed by atoms with E-state index in [1.54, 1.807) is 0 Å². The number of aliphatic hydroxyl groups is 1. The minimum absolute atomic E-state index is 0.151. The first kappa shape index (κ1) is 13.9. The van der Waals surface area contributed by atoms with Crippen molar-refractivity contribution < 1.29 is 14.6 Å². The van der Waals surface area contributed by atoms with E-state index in [2.05, 4.69) is 0 Å². The van der Waals surface area contributed by atoms with Gasteiger partial charge in [0.25, 0.3) is 0 Å². The molecule has 3 heteroatoms. The van der Waals surface area contributed by atoms with Crippen LogP contribution in [0.3, 0.4) is 0 Å². The largest absolute Gasteiger partial charge is 0.465 e. The monoisotopic (exact) mass is 254 g/mol. The number of fused-ring (bicyclic) bond motifs is 2. The van der Waals surface area contributed by atoms with E-state index in [-0.39, 0.29) is 5.97 Å². The molecule has 18 heavy (non-hydrogen) atoms. The maximum Gasteiger partial charge on any atom is 0.311 e. The van der Waals surface area contributed by atoms with Gasteiger partial charge >= 0.3 is 5.97 Å². The molecular weight excluding hydrogens is 228 g/mol. The summed E-state index contributed by atoms with van der Waals surface area (Å²) in [5.74, 6) is 1.10. The van der Waals surface area contributed by atoms with Crippen molar-refractivity contribution in [3.63, 3.8) is 0 Å². The zero-order chi connectivity index (χ0) is 13.4. The van der Waals surface area contributed by atoms with E-state index in [1.807, 2.05) is 20.8 Å². The fourth-order valence-electron chi connectivity index (χ4n) is 3.48. The molecule has 2 bridgehead atoms. The van der Waals surface area contributed by atoms with Crippen molar-refractivity contribution in [3.8, 4) is 0 Å². The van der Waals surface area contributed by atoms with E-state index >= 15 is 0 Å². The van der Waals surface area contributed by atoms with Gasteiger partial charge in [0.15, 0.2) is 0 Å². The Balaban J connectivity index is 1.69. The van der Waals surface area contributed by atoms with Crippen molar-refractivity contribution in [2.24, 2.45) is 17.3 Å². The lowest BCUT2D eigenvalue weighted by atomic mass is 9.81. The molecule has 3 atom stereocenters. The second-order valence-electron chi connectivity index (χ2n) is 7.17. The molecule has 0 spiro atoms. The second-order valence-corrected chi connectivity index (χ2v) is 7.17. The Bertz CT molecular complexity index is 318. The highest BCUT2D eigenvalue weighted by Crippen LogP contribution is 2.52. The van der Waals surface area contributed by atoms with Gasteiger partial charge in [0.1, 0.15) is 0 Å². The van der Waals surface area contributed by atoms with Crippen molar-refractivity contribution >= 4 is 5.97 Å². The summed E-state index contributed by atoms with van der Waals surface area (Å²) in [5, 5.41) is 10.6. The molecule has 0 amide bonds. The zero-order valence-corrected chi connectivity index (χ0v) is 11.9. The van der Waals surface area contributed by atoms with Gasteiger partial charge in [-0.1, -0.05) is 0 Å². The summed E-state index contributed by atoms with van der Waals surface area (Å²) in [7, 11) is 0. The lowest BCUT2D eigenvalue weighted by Crippen LogP contribution is -2.35. The quantitative estimate of drug-likeness (QED) is 0.620. The molecular formula is C15H26O3. The summed E-state index contributed by atoms with van der Waals surface area (Å²) < 4.78 is 5.24. The van der Waals surface area contributed by atoms with Crippen LogP contribution in [0.2, 0.25) is 0 Å². The van der Waals surface area contributed by atoms with Gasteiger partial charge in [0.2, 0.25) is 0 Å². The highest BCUT2D eigenvalue weighted by atomic mass is 16.5. The molecule has 0 aromatic carbocycles. The van der Waals surface area contributed by atoms with Gasteiger partial charge in [-0.2, -0.15) is 0 Å². The van der Waals surface area contributed by atoms with Gasteiger partial charge < -0.3 is 9.84 Å². The summed E-state index contributed by atoms with van der Waals surface area (Å²) in [4.78, 5) is 11.6. The molecule has 104 valence electrons. The van der Waals surface area contributed by atoms with Crippen molar-refractivity contribution in [2.75, 3.05) is 6.61 Å². The van der Waals surface area contributed by atoms with Crippen molar-refractivity contribution in [3.05, 3.63) is 0 Å². The van der Waals surface area contributed by atoms with Crippen LogP contribution in [0.4, 0.5) is 0 Å². The van der Waals surface area contributed by atoms with E-state index in [9.17, 15) is 9.90 Å². The Morgan fingerprint density at radius 2 is 2.11 bits per heavy atom. The summed E-state index contributed by atoms with van der Waals surface area (Å²) in [6, 6.07) is 0. The molecule has 2 aliphatic carbocycles. The van der Waals surface area contributed by atoms with Gasteiger partial charge in [0.05, 0.1) is 17.6 Å². The average molecular weight is 254 g/mol. The highest BCUT2D eigenvalue weighted by molar-refractivity contribution is 5.75. The first-order valence-corrected chi connectivity index (χ1v) is 7.21. The maximum atomic E-state index is 11.6. The predicted octanol–water partition coefficient (Wildman–Crippen LogP) is 2.91. The molecule has 2 fully saturated rings. The van der Waals surface area contributed by atoms with Crippen LogP contribution in [0.15, 0.2) is 0 Å². The molecule has 3 unspecified atom stereocenters. The number of esters is 1. The van der Waals surface area contributed by atoms with E-state index in [4.69, 9.17) is 4.74 Å². The topological polar surface area (TPSA) is 46.5 Å². The third kappa shape index (κ3) is 2.87. The number of carbonyl (C=O) groups is 1. The molecule has 0 aliphatic heterocycles. The molecule has 0 radical (unpaired) electrons. The smallest absolute Gasteiger partial charge is 0.311 e. The van der Waals surface area contributed by atoms with Crippen molar-refractivity contribution in [1.82, 2.24) is 0 Å².